The number of fused-ring (bicyclic) bond motifs is 1. The van der Waals surface area contributed by atoms with Crippen LogP contribution in [0.5, 0.6) is 0 Å². The Morgan fingerprint density at radius 1 is 1.07 bits per heavy atom. The minimum Gasteiger partial charge on any atom is -0.385 e. The maximum atomic E-state index is 5.17. The van der Waals surface area contributed by atoms with Crippen LogP contribution in [0.3, 0.4) is 0 Å². The van der Waals surface area contributed by atoms with Crippen molar-refractivity contribution in [1.82, 2.24) is 19.9 Å². The highest BCUT2D eigenvalue weighted by molar-refractivity contribution is 5.57. The van der Waals surface area contributed by atoms with E-state index in [0.29, 0.717) is 5.82 Å². The van der Waals surface area contributed by atoms with Gasteiger partial charge in [-0.25, -0.2) is 9.97 Å². The number of aromatic nitrogens is 3. The lowest BCUT2D eigenvalue weighted by Crippen LogP contribution is -2.32. The van der Waals surface area contributed by atoms with Gasteiger partial charge in [0, 0.05) is 51.7 Å². The van der Waals surface area contributed by atoms with Crippen LogP contribution >= 0.6 is 0 Å². The first kappa shape index (κ1) is 19.5. The fraction of sp³-hybridized carbons (Fsp3) is 0.348. The van der Waals surface area contributed by atoms with Gasteiger partial charge in [0.25, 0.3) is 0 Å². The number of anilines is 1. The largest absolute Gasteiger partial charge is 0.385 e. The Kier molecular flexibility index (Phi) is 6.44. The summed E-state index contributed by atoms with van der Waals surface area (Å²) in [5.74, 6) is 1.62. The van der Waals surface area contributed by atoms with Crippen molar-refractivity contribution < 1.29 is 4.74 Å². The van der Waals surface area contributed by atoms with E-state index in [0.717, 1.165) is 62.8 Å². The lowest BCUT2D eigenvalue weighted by molar-refractivity contribution is 0.197. The average Bonchev–Trinajstić information content (AvgIpc) is 2.77. The molecule has 1 aliphatic rings. The summed E-state index contributed by atoms with van der Waals surface area (Å²) in [7, 11) is 1.73. The fourth-order valence-electron chi connectivity index (χ4n) is 3.64. The molecule has 0 spiro atoms. The smallest absolute Gasteiger partial charge is 0.180 e. The Balaban J connectivity index is 1.59. The molecule has 0 bridgehead atoms. The van der Waals surface area contributed by atoms with Crippen molar-refractivity contribution in [3.05, 3.63) is 71.5 Å². The first-order valence-corrected chi connectivity index (χ1v) is 10.1. The minimum atomic E-state index is 0.681. The molecule has 150 valence electrons. The zero-order valence-electron chi connectivity index (χ0n) is 16.8. The van der Waals surface area contributed by atoms with Crippen LogP contribution in [0.25, 0.3) is 11.5 Å². The zero-order valence-corrected chi connectivity index (χ0v) is 16.8. The Hall–Kier alpha value is -2.83. The van der Waals surface area contributed by atoms with E-state index in [1.807, 2.05) is 18.2 Å². The second kappa shape index (κ2) is 9.58. The summed E-state index contributed by atoms with van der Waals surface area (Å²) in [5.41, 5.74) is 4.45. The van der Waals surface area contributed by atoms with Crippen molar-refractivity contribution in [2.24, 2.45) is 0 Å². The molecular weight excluding hydrogens is 362 g/mol. The van der Waals surface area contributed by atoms with Crippen molar-refractivity contribution in [2.75, 3.05) is 32.1 Å². The van der Waals surface area contributed by atoms with Gasteiger partial charge in [-0.15, -0.1) is 0 Å². The van der Waals surface area contributed by atoms with Gasteiger partial charge in [-0.2, -0.15) is 0 Å². The molecule has 1 N–H and O–H groups in total. The standard InChI is InChI=1S/C23H27N5O/c1-29-15-7-13-25-22-19-11-14-28(16-18-8-3-2-4-9-18)17-21(19)26-23(27-22)20-10-5-6-12-24-20/h2-6,8-10,12H,7,11,13-17H2,1H3,(H,25,26,27). The summed E-state index contributed by atoms with van der Waals surface area (Å²) >= 11 is 0. The minimum absolute atomic E-state index is 0.681. The molecule has 6 heteroatoms. The Labute approximate surface area is 172 Å². The molecule has 0 unspecified atom stereocenters. The monoisotopic (exact) mass is 389 g/mol. The number of nitrogens with one attached hydrogen (secondary N) is 1. The molecule has 0 radical (unpaired) electrons. The lowest BCUT2D eigenvalue weighted by Gasteiger charge is -2.29. The summed E-state index contributed by atoms with van der Waals surface area (Å²) in [4.78, 5) is 16.6. The average molecular weight is 390 g/mol. The third-order valence-electron chi connectivity index (χ3n) is 5.10. The number of ether oxygens (including phenoxy) is 1. The predicted molar refractivity (Wildman–Crippen MR) is 115 cm³/mol. The molecule has 6 nitrogen and oxygen atoms in total. The Morgan fingerprint density at radius 2 is 1.93 bits per heavy atom. The van der Waals surface area contributed by atoms with E-state index < -0.39 is 0 Å². The summed E-state index contributed by atoms with van der Waals surface area (Å²) in [6.07, 6.45) is 3.66. The van der Waals surface area contributed by atoms with E-state index in [-0.39, 0.29) is 0 Å². The third kappa shape index (κ3) is 4.96. The molecule has 1 aromatic carbocycles. The van der Waals surface area contributed by atoms with Crippen molar-refractivity contribution in [1.29, 1.82) is 0 Å². The van der Waals surface area contributed by atoms with Gasteiger partial charge in [-0.1, -0.05) is 36.4 Å². The summed E-state index contributed by atoms with van der Waals surface area (Å²) in [5, 5.41) is 3.50. The molecular formula is C23H27N5O. The highest BCUT2D eigenvalue weighted by atomic mass is 16.5. The van der Waals surface area contributed by atoms with Gasteiger partial charge >= 0.3 is 0 Å². The van der Waals surface area contributed by atoms with E-state index in [9.17, 15) is 0 Å². The van der Waals surface area contributed by atoms with Gasteiger partial charge in [-0.05, 0) is 30.5 Å². The second-order valence-electron chi connectivity index (χ2n) is 7.26. The molecule has 0 atom stereocenters. The molecule has 0 aliphatic carbocycles. The van der Waals surface area contributed by atoms with Crippen molar-refractivity contribution in [2.45, 2.75) is 25.9 Å². The van der Waals surface area contributed by atoms with Crippen molar-refractivity contribution in [3.8, 4) is 11.5 Å². The van der Waals surface area contributed by atoms with E-state index in [4.69, 9.17) is 14.7 Å². The molecule has 0 saturated carbocycles. The van der Waals surface area contributed by atoms with E-state index in [1.165, 1.54) is 11.1 Å². The van der Waals surface area contributed by atoms with E-state index in [2.05, 4.69) is 45.5 Å². The summed E-state index contributed by atoms with van der Waals surface area (Å²) in [6, 6.07) is 16.4. The molecule has 1 aliphatic heterocycles. The molecule has 2 aromatic heterocycles. The van der Waals surface area contributed by atoms with Gasteiger partial charge in [-0.3, -0.25) is 9.88 Å². The van der Waals surface area contributed by atoms with Gasteiger partial charge in [0.05, 0.1) is 5.69 Å². The highest BCUT2D eigenvalue weighted by Crippen LogP contribution is 2.27. The number of benzene rings is 1. The van der Waals surface area contributed by atoms with E-state index in [1.54, 1.807) is 13.3 Å². The molecule has 4 rings (SSSR count). The van der Waals surface area contributed by atoms with E-state index >= 15 is 0 Å². The van der Waals surface area contributed by atoms with Crippen LogP contribution in [0.4, 0.5) is 5.82 Å². The quantitative estimate of drug-likeness (QED) is 0.595. The van der Waals surface area contributed by atoms with Gasteiger partial charge in [0.2, 0.25) is 0 Å². The third-order valence-corrected chi connectivity index (χ3v) is 5.10. The van der Waals surface area contributed by atoms with Crippen LogP contribution in [0.2, 0.25) is 0 Å². The predicted octanol–water partition coefficient (Wildman–Crippen LogP) is 3.55. The topological polar surface area (TPSA) is 63.2 Å². The fourth-order valence-corrected chi connectivity index (χ4v) is 3.64. The van der Waals surface area contributed by atoms with Crippen molar-refractivity contribution in [3.63, 3.8) is 0 Å². The van der Waals surface area contributed by atoms with Crippen LogP contribution < -0.4 is 5.32 Å². The number of hydrogen-bond acceptors (Lipinski definition) is 6. The lowest BCUT2D eigenvalue weighted by atomic mass is 10.0. The number of rotatable bonds is 8. The maximum absolute atomic E-state index is 5.17. The van der Waals surface area contributed by atoms with Gasteiger partial charge in [0.15, 0.2) is 5.82 Å². The summed E-state index contributed by atoms with van der Waals surface area (Å²) in [6.45, 7) is 4.31. The van der Waals surface area contributed by atoms with Crippen LogP contribution in [-0.2, 0) is 24.2 Å². The normalized spacial score (nSPS) is 13.8. The molecule has 0 fully saturated rings. The molecule has 0 amide bonds. The first-order chi connectivity index (χ1) is 14.3. The number of hydrogen-bond donors (Lipinski definition) is 1. The van der Waals surface area contributed by atoms with Crippen LogP contribution in [0.1, 0.15) is 23.2 Å². The highest BCUT2D eigenvalue weighted by Gasteiger charge is 2.23. The SMILES string of the molecule is COCCCNc1nc(-c2ccccn2)nc2c1CCN(Cc1ccccc1)C2. The number of nitrogens with zero attached hydrogens (tertiary/aromatic N) is 4. The second-order valence-corrected chi connectivity index (χ2v) is 7.26. The Bertz CT molecular complexity index is 917. The van der Waals surface area contributed by atoms with Crippen LogP contribution in [0.15, 0.2) is 54.7 Å². The van der Waals surface area contributed by atoms with Crippen LogP contribution in [-0.4, -0.2) is 46.7 Å². The first-order valence-electron chi connectivity index (χ1n) is 10.1. The molecule has 3 heterocycles. The maximum Gasteiger partial charge on any atom is 0.180 e. The number of methoxy groups -OCH3 is 1. The molecule has 3 aromatic rings. The number of pyridine rings is 1. The molecule has 0 saturated heterocycles. The van der Waals surface area contributed by atoms with Crippen LogP contribution in [0, 0.1) is 0 Å². The molecule has 29 heavy (non-hydrogen) atoms. The van der Waals surface area contributed by atoms with Gasteiger partial charge < -0.3 is 10.1 Å². The Morgan fingerprint density at radius 3 is 2.72 bits per heavy atom. The van der Waals surface area contributed by atoms with Gasteiger partial charge in [0.1, 0.15) is 11.5 Å². The van der Waals surface area contributed by atoms with Crippen molar-refractivity contribution >= 4 is 5.82 Å². The summed E-state index contributed by atoms with van der Waals surface area (Å²) < 4.78 is 5.17. The zero-order chi connectivity index (χ0) is 19.9.